The molecule has 1 aliphatic heterocycles. The maximum Gasteiger partial charge on any atom is 0.310 e. The van der Waals surface area contributed by atoms with Crippen molar-refractivity contribution in [2.75, 3.05) is 13.1 Å². The standard InChI is InChI=1S/C14H16BrNO3/c1-9(10-2-4-12(15)5-3-10)6-13(17)16-7-11(8-16)14(18)19/h2-5,9,11H,6-8H2,1H3,(H,18,19). The van der Waals surface area contributed by atoms with E-state index in [0.29, 0.717) is 19.5 Å². The highest BCUT2D eigenvalue weighted by Crippen LogP contribution is 2.24. The molecule has 0 bridgehead atoms. The molecule has 1 amide bonds. The number of carboxylic acids is 1. The molecule has 1 aromatic carbocycles. The van der Waals surface area contributed by atoms with Crippen LogP contribution in [0.5, 0.6) is 0 Å². The van der Waals surface area contributed by atoms with Crippen molar-refractivity contribution in [3.8, 4) is 0 Å². The van der Waals surface area contributed by atoms with Gasteiger partial charge in [0.25, 0.3) is 0 Å². The van der Waals surface area contributed by atoms with Gasteiger partial charge in [0.05, 0.1) is 5.92 Å². The fraction of sp³-hybridized carbons (Fsp3) is 0.429. The zero-order valence-corrected chi connectivity index (χ0v) is 12.3. The van der Waals surface area contributed by atoms with E-state index in [-0.39, 0.29) is 17.7 Å². The molecule has 1 heterocycles. The summed E-state index contributed by atoms with van der Waals surface area (Å²) in [5, 5.41) is 8.78. The second-order valence-electron chi connectivity index (χ2n) is 4.99. The van der Waals surface area contributed by atoms with Crippen LogP contribution in [0.4, 0.5) is 0 Å². The molecule has 1 fully saturated rings. The molecule has 1 unspecified atom stereocenters. The average Bonchev–Trinajstić information content (AvgIpc) is 2.26. The first-order chi connectivity index (χ1) is 8.97. The molecule has 4 nitrogen and oxygen atoms in total. The van der Waals surface area contributed by atoms with Gasteiger partial charge in [0, 0.05) is 24.0 Å². The number of nitrogens with zero attached hydrogens (tertiary/aromatic N) is 1. The van der Waals surface area contributed by atoms with E-state index in [9.17, 15) is 9.59 Å². The molecule has 1 saturated heterocycles. The molecule has 2 rings (SSSR count). The lowest BCUT2D eigenvalue weighted by Gasteiger charge is -2.37. The van der Waals surface area contributed by atoms with Gasteiger partial charge in [-0.3, -0.25) is 9.59 Å². The van der Waals surface area contributed by atoms with Gasteiger partial charge in [-0.05, 0) is 23.6 Å². The summed E-state index contributed by atoms with van der Waals surface area (Å²) in [5.74, 6) is -1.02. The highest BCUT2D eigenvalue weighted by molar-refractivity contribution is 9.10. The Balaban J connectivity index is 1.86. The second-order valence-corrected chi connectivity index (χ2v) is 5.91. The molecule has 102 valence electrons. The van der Waals surface area contributed by atoms with Crippen LogP contribution in [-0.2, 0) is 9.59 Å². The van der Waals surface area contributed by atoms with Crippen LogP contribution in [0.25, 0.3) is 0 Å². The molecule has 1 aromatic rings. The third kappa shape index (κ3) is 3.35. The van der Waals surface area contributed by atoms with Gasteiger partial charge in [0.15, 0.2) is 0 Å². The number of likely N-dealkylation sites (tertiary alicyclic amines) is 1. The topological polar surface area (TPSA) is 57.6 Å². The van der Waals surface area contributed by atoms with Gasteiger partial charge in [0.1, 0.15) is 0 Å². The van der Waals surface area contributed by atoms with Crippen molar-refractivity contribution in [1.29, 1.82) is 0 Å². The van der Waals surface area contributed by atoms with Gasteiger partial charge in [-0.25, -0.2) is 0 Å². The number of carboxylic acid groups (broad SMARTS) is 1. The monoisotopic (exact) mass is 325 g/mol. The lowest BCUT2D eigenvalue weighted by Crippen LogP contribution is -2.53. The van der Waals surface area contributed by atoms with Crippen molar-refractivity contribution < 1.29 is 14.7 Å². The lowest BCUT2D eigenvalue weighted by atomic mass is 9.94. The summed E-state index contributed by atoms with van der Waals surface area (Å²) in [6.45, 7) is 2.71. The number of hydrogen-bond donors (Lipinski definition) is 1. The molecule has 0 spiro atoms. The van der Waals surface area contributed by atoms with E-state index >= 15 is 0 Å². The van der Waals surface area contributed by atoms with Gasteiger partial charge >= 0.3 is 5.97 Å². The van der Waals surface area contributed by atoms with Crippen LogP contribution in [0.3, 0.4) is 0 Å². The fourth-order valence-electron chi connectivity index (χ4n) is 2.14. The predicted molar refractivity (Wildman–Crippen MR) is 74.9 cm³/mol. The Bertz CT molecular complexity index is 480. The number of carbonyl (C=O) groups excluding carboxylic acids is 1. The van der Waals surface area contributed by atoms with Crippen molar-refractivity contribution in [2.45, 2.75) is 19.3 Å². The molecule has 0 aromatic heterocycles. The zero-order chi connectivity index (χ0) is 14.0. The van der Waals surface area contributed by atoms with Crippen LogP contribution in [0.15, 0.2) is 28.7 Å². The van der Waals surface area contributed by atoms with E-state index in [1.807, 2.05) is 31.2 Å². The highest BCUT2D eigenvalue weighted by atomic mass is 79.9. The van der Waals surface area contributed by atoms with Crippen LogP contribution in [0, 0.1) is 5.92 Å². The third-order valence-corrected chi connectivity index (χ3v) is 4.03. The Kier molecular flexibility index (Phi) is 4.24. The van der Waals surface area contributed by atoms with Crippen LogP contribution in [-0.4, -0.2) is 35.0 Å². The van der Waals surface area contributed by atoms with Crippen LogP contribution >= 0.6 is 15.9 Å². The summed E-state index contributed by atoms with van der Waals surface area (Å²) in [4.78, 5) is 24.3. The van der Waals surface area contributed by atoms with Crippen LogP contribution in [0.1, 0.15) is 24.8 Å². The summed E-state index contributed by atoms with van der Waals surface area (Å²) >= 11 is 3.38. The summed E-state index contributed by atoms with van der Waals surface area (Å²) < 4.78 is 1.02. The quantitative estimate of drug-likeness (QED) is 0.925. The first-order valence-corrected chi connectivity index (χ1v) is 7.02. The van der Waals surface area contributed by atoms with Gasteiger partial charge in [0.2, 0.25) is 5.91 Å². The molecular formula is C14H16BrNO3. The number of carbonyl (C=O) groups is 2. The minimum absolute atomic E-state index is 0.0351. The number of hydrogen-bond acceptors (Lipinski definition) is 2. The Morgan fingerprint density at radius 2 is 1.95 bits per heavy atom. The minimum atomic E-state index is -0.815. The number of benzene rings is 1. The summed E-state index contributed by atoms with van der Waals surface area (Å²) in [5.41, 5.74) is 1.12. The Hall–Kier alpha value is -1.36. The van der Waals surface area contributed by atoms with E-state index in [2.05, 4.69) is 15.9 Å². The molecule has 5 heteroatoms. The van der Waals surface area contributed by atoms with E-state index in [1.165, 1.54) is 0 Å². The van der Waals surface area contributed by atoms with E-state index in [0.717, 1.165) is 10.0 Å². The third-order valence-electron chi connectivity index (χ3n) is 3.50. The second kappa shape index (κ2) is 5.74. The molecule has 1 atom stereocenters. The SMILES string of the molecule is CC(CC(=O)N1CC(C(=O)O)C1)c1ccc(Br)cc1. The largest absolute Gasteiger partial charge is 0.481 e. The van der Waals surface area contributed by atoms with Crippen molar-refractivity contribution in [3.05, 3.63) is 34.3 Å². The van der Waals surface area contributed by atoms with Gasteiger partial charge in [-0.1, -0.05) is 35.0 Å². The molecule has 19 heavy (non-hydrogen) atoms. The van der Waals surface area contributed by atoms with E-state index in [1.54, 1.807) is 4.90 Å². The molecule has 0 aliphatic carbocycles. The fourth-order valence-corrected chi connectivity index (χ4v) is 2.40. The summed E-state index contributed by atoms with van der Waals surface area (Å²) in [6.07, 6.45) is 0.425. The molecule has 1 aliphatic rings. The minimum Gasteiger partial charge on any atom is -0.481 e. The number of aliphatic carboxylic acids is 1. The Labute approximate surface area is 120 Å². The van der Waals surface area contributed by atoms with Crippen molar-refractivity contribution in [1.82, 2.24) is 4.90 Å². The normalized spacial score (nSPS) is 16.8. The van der Waals surface area contributed by atoms with Gasteiger partial charge in [-0.2, -0.15) is 0 Å². The van der Waals surface area contributed by atoms with Crippen LogP contribution in [0.2, 0.25) is 0 Å². The smallest absolute Gasteiger partial charge is 0.310 e. The number of amides is 1. The van der Waals surface area contributed by atoms with Gasteiger partial charge < -0.3 is 10.0 Å². The van der Waals surface area contributed by atoms with Crippen molar-refractivity contribution in [2.24, 2.45) is 5.92 Å². The Morgan fingerprint density at radius 1 is 1.37 bits per heavy atom. The molecule has 0 radical (unpaired) electrons. The average molecular weight is 326 g/mol. The maximum atomic E-state index is 12.0. The first-order valence-electron chi connectivity index (χ1n) is 6.23. The first kappa shape index (κ1) is 14.1. The van der Waals surface area contributed by atoms with Crippen LogP contribution < -0.4 is 0 Å². The zero-order valence-electron chi connectivity index (χ0n) is 10.7. The predicted octanol–water partition coefficient (Wildman–Crippen LogP) is 2.49. The number of halogens is 1. The lowest BCUT2D eigenvalue weighted by molar-refractivity contribution is -0.152. The van der Waals surface area contributed by atoms with Gasteiger partial charge in [-0.15, -0.1) is 0 Å². The highest BCUT2D eigenvalue weighted by Gasteiger charge is 2.35. The summed E-state index contributed by atoms with van der Waals surface area (Å²) in [6, 6.07) is 7.91. The maximum absolute atomic E-state index is 12.0. The van der Waals surface area contributed by atoms with Crippen molar-refractivity contribution in [3.63, 3.8) is 0 Å². The van der Waals surface area contributed by atoms with E-state index in [4.69, 9.17) is 5.11 Å². The number of rotatable bonds is 4. The van der Waals surface area contributed by atoms with Crippen molar-refractivity contribution >= 4 is 27.8 Å². The Morgan fingerprint density at radius 3 is 2.47 bits per heavy atom. The van der Waals surface area contributed by atoms with E-state index < -0.39 is 5.97 Å². The molecule has 1 N–H and O–H groups in total. The molecular weight excluding hydrogens is 310 g/mol. The molecule has 0 saturated carbocycles. The summed E-state index contributed by atoms with van der Waals surface area (Å²) in [7, 11) is 0.